The molecule has 17 heavy (non-hydrogen) atoms. The third-order valence-electron chi connectivity index (χ3n) is 3.53. The molecule has 0 spiro atoms. The second-order valence-electron chi connectivity index (χ2n) is 4.61. The molecule has 0 aromatic carbocycles. The number of rotatable bonds is 3. The predicted octanol–water partition coefficient (Wildman–Crippen LogP) is 2.23. The highest BCUT2D eigenvalue weighted by Crippen LogP contribution is 2.31. The van der Waals surface area contributed by atoms with Gasteiger partial charge in [0.25, 0.3) is 0 Å². The molecule has 0 saturated heterocycles. The molecule has 2 rings (SSSR count). The molecule has 5 nitrogen and oxygen atoms in total. The normalized spacial score (nSPS) is 17.2. The van der Waals surface area contributed by atoms with E-state index in [9.17, 15) is 4.79 Å². The molecular weight excluding hydrogens is 218 g/mol. The summed E-state index contributed by atoms with van der Waals surface area (Å²) in [6, 6.07) is 0.280. The third-order valence-corrected chi connectivity index (χ3v) is 3.53. The molecule has 0 bridgehead atoms. The summed E-state index contributed by atoms with van der Waals surface area (Å²) in [7, 11) is 0. The van der Waals surface area contributed by atoms with Gasteiger partial charge in [-0.05, 0) is 19.3 Å². The van der Waals surface area contributed by atoms with Crippen LogP contribution in [0.2, 0.25) is 0 Å². The molecule has 1 aliphatic rings. The quantitative estimate of drug-likeness (QED) is 0.844. The van der Waals surface area contributed by atoms with Crippen molar-refractivity contribution < 1.29 is 9.90 Å². The molecular formula is C12H19N3O2. The third kappa shape index (κ3) is 2.14. The summed E-state index contributed by atoms with van der Waals surface area (Å²) in [5, 5.41) is 13.3. The minimum absolute atomic E-state index is 0.121. The van der Waals surface area contributed by atoms with Crippen LogP contribution < -0.4 is 5.73 Å². The molecule has 0 radical (unpaired) electrons. The lowest BCUT2D eigenvalue weighted by atomic mass is 9.95. The Hall–Kier alpha value is -1.52. The Kier molecular flexibility index (Phi) is 3.36. The fourth-order valence-corrected chi connectivity index (χ4v) is 2.61. The van der Waals surface area contributed by atoms with Crippen LogP contribution in [-0.4, -0.2) is 20.9 Å². The maximum atomic E-state index is 11.1. The Morgan fingerprint density at radius 3 is 2.59 bits per heavy atom. The number of anilines is 1. The first kappa shape index (κ1) is 12.0. The van der Waals surface area contributed by atoms with Gasteiger partial charge < -0.3 is 10.8 Å². The standard InChI is InChI=1S/C12H19N3O2/c1-2-9-10(12(16)17)14-15(11(9)13)8-6-4-3-5-7-8/h8H,2-7,13H2,1H3,(H,16,17). The summed E-state index contributed by atoms with van der Waals surface area (Å²) < 4.78 is 1.74. The Morgan fingerprint density at radius 2 is 2.12 bits per heavy atom. The lowest BCUT2D eigenvalue weighted by molar-refractivity contribution is 0.0687. The van der Waals surface area contributed by atoms with Gasteiger partial charge in [0.1, 0.15) is 5.82 Å². The van der Waals surface area contributed by atoms with Crippen molar-refractivity contribution in [2.75, 3.05) is 5.73 Å². The average molecular weight is 237 g/mol. The van der Waals surface area contributed by atoms with Gasteiger partial charge in [-0.1, -0.05) is 26.2 Å². The average Bonchev–Trinajstić information content (AvgIpc) is 2.67. The van der Waals surface area contributed by atoms with E-state index in [0.717, 1.165) is 12.8 Å². The van der Waals surface area contributed by atoms with Crippen LogP contribution in [-0.2, 0) is 6.42 Å². The van der Waals surface area contributed by atoms with Gasteiger partial charge in [0.05, 0.1) is 6.04 Å². The molecule has 0 unspecified atom stereocenters. The Labute approximate surface area is 101 Å². The van der Waals surface area contributed by atoms with Gasteiger partial charge in [0.15, 0.2) is 5.69 Å². The lowest BCUT2D eigenvalue weighted by Gasteiger charge is -2.22. The number of nitrogen functional groups attached to an aromatic ring is 1. The minimum atomic E-state index is -0.983. The van der Waals surface area contributed by atoms with Gasteiger partial charge in [0.2, 0.25) is 0 Å². The van der Waals surface area contributed by atoms with Gasteiger partial charge in [-0.3, -0.25) is 0 Å². The molecule has 94 valence electrons. The van der Waals surface area contributed by atoms with E-state index in [1.54, 1.807) is 4.68 Å². The van der Waals surface area contributed by atoms with E-state index in [1.807, 2.05) is 6.92 Å². The molecule has 3 N–H and O–H groups in total. The molecule has 1 saturated carbocycles. The second kappa shape index (κ2) is 4.77. The number of aromatic nitrogens is 2. The highest BCUT2D eigenvalue weighted by molar-refractivity contribution is 5.88. The zero-order chi connectivity index (χ0) is 12.4. The van der Waals surface area contributed by atoms with Crippen molar-refractivity contribution in [1.29, 1.82) is 0 Å². The van der Waals surface area contributed by atoms with Gasteiger partial charge in [0, 0.05) is 5.56 Å². The van der Waals surface area contributed by atoms with Crippen LogP contribution in [0.15, 0.2) is 0 Å². The van der Waals surface area contributed by atoms with Crippen LogP contribution in [0.25, 0.3) is 0 Å². The zero-order valence-corrected chi connectivity index (χ0v) is 10.1. The summed E-state index contributed by atoms with van der Waals surface area (Å²) in [5.41, 5.74) is 6.81. The maximum Gasteiger partial charge on any atom is 0.356 e. The number of hydrogen-bond acceptors (Lipinski definition) is 3. The smallest absolute Gasteiger partial charge is 0.356 e. The first-order valence-corrected chi connectivity index (χ1v) is 6.25. The summed E-state index contributed by atoms with van der Waals surface area (Å²) in [6.07, 6.45) is 6.31. The van der Waals surface area contributed by atoms with Gasteiger partial charge >= 0.3 is 5.97 Å². The fraction of sp³-hybridized carbons (Fsp3) is 0.667. The summed E-state index contributed by atoms with van der Waals surface area (Å²) >= 11 is 0. The van der Waals surface area contributed by atoms with Crippen molar-refractivity contribution >= 4 is 11.8 Å². The maximum absolute atomic E-state index is 11.1. The minimum Gasteiger partial charge on any atom is -0.476 e. The Morgan fingerprint density at radius 1 is 1.47 bits per heavy atom. The topological polar surface area (TPSA) is 81.1 Å². The van der Waals surface area contributed by atoms with Crippen LogP contribution in [0.1, 0.15) is 61.1 Å². The molecule has 1 aromatic rings. The van der Waals surface area contributed by atoms with E-state index in [4.69, 9.17) is 10.8 Å². The van der Waals surface area contributed by atoms with Gasteiger partial charge in [-0.25, -0.2) is 9.48 Å². The van der Waals surface area contributed by atoms with Crippen molar-refractivity contribution in [3.05, 3.63) is 11.3 Å². The molecule has 0 aliphatic heterocycles. The Balaban J connectivity index is 2.37. The van der Waals surface area contributed by atoms with E-state index in [1.165, 1.54) is 19.3 Å². The fourth-order valence-electron chi connectivity index (χ4n) is 2.61. The van der Waals surface area contributed by atoms with Crippen molar-refractivity contribution in [3.8, 4) is 0 Å². The largest absolute Gasteiger partial charge is 0.476 e. The molecule has 1 aliphatic carbocycles. The number of hydrogen-bond donors (Lipinski definition) is 2. The van der Waals surface area contributed by atoms with E-state index >= 15 is 0 Å². The molecule has 1 fully saturated rings. The number of carboxylic acids is 1. The number of nitrogens with zero attached hydrogens (tertiary/aromatic N) is 2. The highest BCUT2D eigenvalue weighted by atomic mass is 16.4. The van der Waals surface area contributed by atoms with E-state index in [2.05, 4.69) is 5.10 Å². The molecule has 1 heterocycles. The number of carboxylic acid groups (broad SMARTS) is 1. The van der Waals surface area contributed by atoms with Crippen LogP contribution in [0.3, 0.4) is 0 Å². The van der Waals surface area contributed by atoms with Gasteiger partial charge in [-0.2, -0.15) is 5.10 Å². The monoisotopic (exact) mass is 237 g/mol. The Bertz CT molecular complexity index is 420. The van der Waals surface area contributed by atoms with Crippen molar-refractivity contribution in [2.45, 2.75) is 51.5 Å². The van der Waals surface area contributed by atoms with E-state index in [0.29, 0.717) is 17.8 Å². The van der Waals surface area contributed by atoms with Crippen LogP contribution in [0.4, 0.5) is 5.82 Å². The SMILES string of the molecule is CCc1c(C(=O)O)nn(C2CCCCC2)c1N. The first-order chi connectivity index (χ1) is 8.15. The van der Waals surface area contributed by atoms with E-state index in [-0.39, 0.29) is 11.7 Å². The van der Waals surface area contributed by atoms with Gasteiger partial charge in [-0.15, -0.1) is 0 Å². The summed E-state index contributed by atoms with van der Waals surface area (Å²) in [6.45, 7) is 1.91. The van der Waals surface area contributed by atoms with E-state index < -0.39 is 5.97 Å². The zero-order valence-electron chi connectivity index (χ0n) is 10.1. The number of aromatic carboxylic acids is 1. The molecule has 5 heteroatoms. The van der Waals surface area contributed by atoms with Crippen LogP contribution in [0, 0.1) is 0 Å². The second-order valence-corrected chi connectivity index (χ2v) is 4.61. The first-order valence-electron chi connectivity index (χ1n) is 6.25. The molecule has 1 aromatic heterocycles. The van der Waals surface area contributed by atoms with Crippen molar-refractivity contribution in [2.24, 2.45) is 0 Å². The number of nitrogens with two attached hydrogens (primary N) is 1. The van der Waals surface area contributed by atoms with Crippen LogP contribution in [0.5, 0.6) is 0 Å². The van der Waals surface area contributed by atoms with Crippen molar-refractivity contribution in [3.63, 3.8) is 0 Å². The van der Waals surface area contributed by atoms with Crippen LogP contribution >= 0.6 is 0 Å². The predicted molar refractivity (Wildman–Crippen MR) is 65.1 cm³/mol. The number of carbonyl (C=O) groups is 1. The molecule has 0 amide bonds. The summed E-state index contributed by atoms with van der Waals surface area (Å²) in [5.74, 6) is -0.445. The highest BCUT2D eigenvalue weighted by Gasteiger charge is 2.24. The summed E-state index contributed by atoms with van der Waals surface area (Å²) in [4.78, 5) is 11.1. The molecule has 0 atom stereocenters. The van der Waals surface area contributed by atoms with Crippen molar-refractivity contribution in [1.82, 2.24) is 9.78 Å². The lowest BCUT2D eigenvalue weighted by Crippen LogP contribution is -2.16.